The van der Waals surface area contributed by atoms with Crippen LogP contribution in [0.5, 0.6) is 0 Å². The third-order valence-electron chi connectivity index (χ3n) is 6.24. The summed E-state index contributed by atoms with van der Waals surface area (Å²) in [4.78, 5) is 21.1. The minimum Gasteiger partial charge on any atom is -0.396 e. The lowest BCUT2D eigenvalue weighted by Crippen LogP contribution is -2.23. The van der Waals surface area contributed by atoms with E-state index >= 15 is 0 Å². The first-order valence-corrected chi connectivity index (χ1v) is 14.6. The molecule has 30 heavy (non-hydrogen) atoms. The Balaban J connectivity index is 1.66. The zero-order valence-corrected chi connectivity index (χ0v) is 19.2. The van der Waals surface area contributed by atoms with Crippen molar-refractivity contribution in [3.8, 4) is 0 Å². The Morgan fingerprint density at radius 2 is 1.93 bits per heavy atom. The highest BCUT2D eigenvalue weighted by Crippen LogP contribution is 2.34. The van der Waals surface area contributed by atoms with Gasteiger partial charge in [0.05, 0.1) is 17.2 Å². The van der Waals surface area contributed by atoms with Crippen LogP contribution in [0.1, 0.15) is 31.7 Å². The number of pyridine rings is 1. The SMILES string of the molecule is C[Si](C)(C)CCOCn1ccc2c1ncc1c(=O)ncn([C@H]3CC[C@H](CO)CC3)c12. The van der Waals surface area contributed by atoms with Crippen LogP contribution in [0.2, 0.25) is 25.7 Å². The molecule has 0 spiro atoms. The largest absolute Gasteiger partial charge is 0.396 e. The Kier molecular flexibility index (Phi) is 6.08. The lowest BCUT2D eigenvalue weighted by Gasteiger charge is -2.30. The second-order valence-electron chi connectivity index (χ2n) is 9.71. The van der Waals surface area contributed by atoms with Crippen LogP contribution in [0.3, 0.4) is 0 Å². The zero-order chi connectivity index (χ0) is 21.3. The van der Waals surface area contributed by atoms with Crippen molar-refractivity contribution in [3.63, 3.8) is 0 Å². The predicted molar refractivity (Wildman–Crippen MR) is 121 cm³/mol. The third kappa shape index (κ3) is 4.35. The zero-order valence-electron chi connectivity index (χ0n) is 18.2. The van der Waals surface area contributed by atoms with Crippen molar-refractivity contribution in [1.82, 2.24) is 19.1 Å². The minimum atomic E-state index is -1.12. The fraction of sp³-hybridized carbons (Fsp3) is 0.591. The third-order valence-corrected chi connectivity index (χ3v) is 7.95. The van der Waals surface area contributed by atoms with Gasteiger partial charge in [0, 0.05) is 45.1 Å². The first kappa shape index (κ1) is 21.2. The van der Waals surface area contributed by atoms with E-state index in [1.807, 2.05) is 16.8 Å². The van der Waals surface area contributed by atoms with Gasteiger partial charge in [-0.05, 0) is 43.7 Å². The molecule has 1 fully saturated rings. The van der Waals surface area contributed by atoms with E-state index in [-0.39, 0.29) is 18.2 Å². The van der Waals surface area contributed by atoms with E-state index in [1.165, 1.54) is 0 Å². The second kappa shape index (κ2) is 8.61. The van der Waals surface area contributed by atoms with Gasteiger partial charge in [-0.15, -0.1) is 0 Å². The van der Waals surface area contributed by atoms with E-state index in [0.717, 1.165) is 54.9 Å². The van der Waals surface area contributed by atoms with Crippen molar-refractivity contribution in [2.75, 3.05) is 13.2 Å². The number of hydrogen-bond donors (Lipinski definition) is 1. The lowest BCUT2D eigenvalue weighted by atomic mass is 9.86. The number of aromatic nitrogens is 4. The van der Waals surface area contributed by atoms with Crippen molar-refractivity contribution in [1.29, 1.82) is 0 Å². The smallest absolute Gasteiger partial charge is 0.282 e. The van der Waals surface area contributed by atoms with E-state index in [1.54, 1.807) is 12.5 Å². The van der Waals surface area contributed by atoms with Crippen LogP contribution in [0.15, 0.2) is 29.6 Å². The Labute approximate surface area is 177 Å². The molecule has 7 nitrogen and oxygen atoms in total. The molecule has 3 aromatic rings. The molecular formula is C22H32N4O3Si. The molecule has 0 amide bonds. The number of rotatable bonds is 7. The van der Waals surface area contributed by atoms with Crippen LogP contribution >= 0.6 is 0 Å². The van der Waals surface area contributed by atoms with Gasteiger partial charge >= 0.3 is 0 Å². The van der Waals surface area contributed by atoms with Crippen LogP contribution in [0.4, 0.5) is 0 Å². The molecule has 0 atom stereocenters. The molecular weight excluding hydrogens is 396 g/mol. The van der Waals surface area contributed by atoms with E-state index in [0.29, 0.717) is 18.0 Å². The van der Waals surface area contributed by atoms with Crippen molar-refractivity contribution in [2.45, 2.75) is 64.1 Å². The van der Waals surface area contributed by atoms with E-state index < -0.39 is 8.07 Å². The van der Waals surface area contributed by atoms with Gasteiger partial charge in [-0.2, -0.15) is 4.98 Å². The highest BCUT2D eigenvalue weighted by atomic mass is 28.3. The maximum absolute atomic E-state index is 12.4. The van der Waals surface area contributed by atoms with E-state index in [2.05, 4.69) is 34.2 Å². The molecule has 4 rings (SSSR count). The second-order valence-corrected chi connectivity index (χ2v) is 15.3. The van der Waals surface area contributed by atoms with Crippen LogP contribution < -0.4 is 5.56 Å². The molecule has 1 aliphatic carbocycles. The lowest BCUT2D eigenvalue weighted by molar-refractivity contribution is 0.0899. The molecule has 0 aromatic carbocycles. The van der Waals surface area contributed by atoms with E-state index in [4.69, 9.17) is 4.74 Å². The first-order valence-electron chi connectivity index (χ1n) is 10.9. The Bertz CT molecular complexity index is 1080. The summed E-state index contributed by atoms with van der Waals surface area (Å²) in [5.41, 5.74) is 1.51. The van der Waals surface area contributed by atoms with Crippen LogP contribution in [0.25, 0.3) is 21.9 Å². The fourth-order valence-electron chi connectivity index (χ4n) is 4.33. The summed E-state index contributed by atoms with van der Waals surface area (Å²) in [5.74, 6) is 0.385. The molecule has 162 valence electrons. The molecule has 0 saturated heterocycles. The summed E-state index contributed by atoms with van der Waals surface area (Å²) >= 11 is 0. The average molecular weight is 429 g/mol. The summed E-state index contributed by atoms with van der Waals surface area (Å²) in [6, 6.07) is 3.44. The number of nitrogens with zero attached hydrogens (tertiary/aromatic N) is 4. The van der Waals surface area contributed by atoms with Crippen molar-refractivity contribution in [3.05, 3.63) is 35.1 Å². The van der Waals surface area contributed by atoms with E-state index in [9.17, 15) is 9.90 Å². The summed E-state index contributed by atoms with van der Waals surface area (Å²) in [6.45, 7) is 8.50. The highest BCUT2D eigenvalue weighted by Gasteiger charge is 2.24. The van der Waals surface area contributed by atoms with Gasteiger partial charge in [-0.3, -0.25) is 4.79 Å². The number of ether oxygens (including phenoxy) is 1. The number of aliphatic hydroxyl groups excluding tert-OH is 1. The Morgan fingerprint density at radius 3 is 2.63 bits per heavy atom. The van der Waals surface area contributed by atoms with Gasteiger partial charge in [0.2, 0.25) is 0 Å². The van der Waals surface area contributed by atoms with Crippen LogP contribution in [0, 0.1) is 5.92 Å². The topological polar surface area (TPSA) is 82.2 Å². The van der Waals surface area contributed by atoms with Crippen molar-refractivity contribution < 1.29 is 9.84 Å². The average Bonchev–Trinajstić information content (AvgIpc) is 3.14. The standard InChI is InChI=1S/C22H32N4O3Si/c1-30(2,3)11-10-29-15-25-9-8-18-20-19(12-23-21(18)25)22(28)24-14-26(20)17-6-4-16(13-27)5-7-17/h8-9,12,14,16-17,27H,4-7,10-11,13,15H2,1-3H3/t16-,17-. The number of hydrogen-bond acceptors (Lipinski definition) is 5. The first-order chi connectivity index (χ1) is 14.4. The number of aliphatic hydroxyl groups is 1. The molecule has 8 heteroatoms. The summed E-state index contributed by atoms with van der Waals surface area (Å²) in [7, 11) is -1.12. The molecule has 1 aliphatic rings. The Hall–Kier alpha value is -2.03. The van der Waals surface area contributed by atoms with Gasteiger partial charge in [0.25, 0.3) is 5.56 Å². The molecule has 0 aliphatic heterocycles. The summed E-state index contributed by atoms with van der Waals surface area (Å²) in [5, 5.41) is 11.0. The summed E-state index contributed by atoms with van der Waals surface area (Å²) in [6.07, 6.45) is 9.29. The van der Waals surface area contributed by atoms with Crippen LogP contribution in [-0.2, 0) is 11.5 Å². The molecule has 0 unspecified atom stereocenters. The van der Waals surface area contributed by atoms with Crippen LogP contribution in [-0.4, -0.2) is 45.5 Å². The molecule has 3 aromatic heterocycles. The van der Waals surface area contributed by atoms with Crippen molar-refractivity contribution >= 4 is 30.0 Å². The summed E-state index contributed by atoms with van der Waals surface area (Å²) < 4.78 is 10.1. The molecule has 0 bridgehead atoms. The highest BCUT2D eigenvalue weighted by molar-refractivity contribution is 6.76. The van der Waals surface area contributed by atoms with Gasteiger partial charge in [0.15, 0.2) is 0 Å². The normalized spacial score (nSPS) is 20.3. The van der Waals surface area contributed by atoms with Gasteiger partial charge < -0.3 is 19.0 Å². The molecule has 1 N–H and O–H groups in total. The quantitative estimate of drug-likeness (QED) is 0.457. The maximum atomic E-state index is 12.4. The predicted octanol–water partition coefficient (Wildman–Crippen LogP) is 3.78. The molecule has 1 saturated carbocycles. The molecule has 3 heterocycles. The van der Waals surface area contributed by atoms with Gasteiger partial charge in [-0.1, -0.05) is 19.6 Å². The number of fused-ring (bicyclic) bond motifs is 3. The monoisotopic (exact) mass is 428 g/mol. The van der Waals surface area contributed by atoms with Crippen molar-refractivity contribution in [2.24, 2.45) is 5.92 Å². The fourth-order valence-corrected chi connectivity index (χ4v) is 5.09. The minimum absolute atomic E-state index is 0.237. The molecule has 0 radical (unpaired) electrons. The van der Waals surface area contributed by atoms with Gasteiger partial charge in [-0.25, -0.2) is 4.98 Å². The Morgan fingerprint density at radius 1 is 1.17 bits per heavy atom. The maximum Gasteiger partial charge on any atom is 0.282 e. The van der Waals surface area contributed by atoms with Gasteiger partial charge in [0.1, 0.15) is 12.4 Å².